The summed E-state index contributed by atoms with van der Waals surface area (Å²) in [7, 11) is 1.55. The second-order valence-electron chi connectivity index (χ2n) is 5.98. The molecule has 0 saturated carbocycles. The largest absolute Gasteiger partial charge is 0.493 e. The van der Waals surface area contributed by atoms with E-state index in [1.54, 1.807) is 37.5 Å². The summed E-state index contributed by atoms with van der Waals surface area (Å²) < 4.78 is 10.8. The van der Waals surface area contributed by atoms with Crippen molar-refractivity contribution in [3.8, 4) is 5.75 Å². The summed E-state index contributed by atoms with van der Waals surface area (Å²) in [5, 5.41) is 17.9. The summed E-state index contributed by atoms with van der Waals surface area (Å²) in [5.41, 5.74) is 0.559. The highest BCUT2D eigenvalue weighted by molar-refractivity contribution is 7.07. The van der Waals surface area contributed by atoms with Gasteiger partial charge < -0.3 is 19.6 Å². The highest BCUT2D eigenvalue weighted by Gasteiger charge is 2.23. The van der Waals surface area contributed by atoms with Gasteiger partial charge in [-0.1, -0.05) is 12.1 Å². The topological polar surface area (TPSA) is 71.7 Å². The summed E-state index contributed by atoms with van der Waals surface area (Å²) in [6.07, 6.45) is 0.477. The fourth-order valence-corrected chi connectivity index (χ4v) is 3.23. The van der Waals surface area contributed by atoms with Crippen molar-refractivity contribution in [2.24, 2.45) is 0 Å². The first-order valence-electron chi connectivity index (χ1n) is 7.57. The Morgan fingerprint density at radius 3 is 2.96 bits per heavy atom. The molecule has 0 spiro atoms. The molecule has 24 heavy (non-hydrogen) atoms. The van der Waals surface area contributed by atoms with Crippen molar-refractivity contribution in [2.75, 3.05) is 13.7 Å². The molecule has 1 amide bonds. The molecule has 0 bridgehead atoms. The number of rotatable bonds is 6. The van der Waals surface area contributed by atoms with Crippen LogP contribution in [0.3, 0.4) is 0 Å². The van der Waals surface area contributed by atoms with Crippen LogP contribution in [0.1, 0.15) is 23.0 Å². The molecule has 3 rings (SSSR count). The number of benzene rings is 1. The molecule has 3 aromatic rings. The van der Waals surface area contributed by atoms with Crippen molar-refractivity contribution >= 4 is 28.2 Å². The quantitative estimate of drug-likeness (QED) is 0.719. The summed E-state index contributed by atoms with van der Waals surface area (Å²) >= 11 is 1.58. The van der Waals surface area contributed by atoms with Crippen LogP contribution in [0.2, 0.25) is 0 Å². The third-order valence-corrected chi connectivity index (χ3v) is 4.48. The second-order valence-corrected chi connectivity index (χ2v) is 6.76. The molecule has 6 heteroatoms. The molecule has 1 atom stereocenters. The number of aliphatic hydroxyl groups is 1. The van der Waals surface area contributed by atoms with Crippen LogP contribution in [0.5, 0.6) is 5.75 Å². The molecule has 0 radical (unpaired) electrons. The van der Waals surface area contributed by atoms with Crippen LogP contribution < -0.4 is 10.1 Å². The van der Waals surface area contributed by atoms with Crippen LogP contribution in [0.4, 0.5) is 0 Å². The summed E-state index contributed by atoms with van der Waals surface area (Å²) in [6.45, 7) is 1.84. The van der Waals surface area contributed by atoms with Crippen molar-refractivity contribution in [1.82, 2.24) is 5.32 Å². The van der Waals surface area contributed by atoms with Crippen LogP contribution in [0.15, 0.2) is 45.5 Å². The van der Waals surface area contributed by atoms with E-state index in [-0.39, 0.29) is 18.2 Å². The Labute approximate surface area is 143 Å². The van der Waals surface area contributed by atoms with E-state index in [1.165, 1.54) is 0 Å². The van der Waals surface area contributed by atoms with Crippen LogP contribution in [-0.2, 0) is 6.42 Å². The first kappa shape index (κ1) is 16.5. The molecule has 1 unspecified atom stereocenters. The first-order chi connectivity index (χ1) is 11.5. The summed E-state index contributed by atoms with van der Waals surface area (Å²) in [6, 6.07) is 9.10. The van der Waals surface area contributed by atoms with Gasteiger partial charge in [0.2, 0.25) is 0 Å². The number of hydrogen-bond donors (Lipinski definition) is 2. The number of hydrogen-bond acceptors (Lipinski definition) is 5. The molecule has 0 aliphatic carbocycles. The van der Waals surface area contributed by atoms with Gasteiger partial charge in [0, 0.05) is 18.4 Å². The van der Waals surface area contributed by atoms with E-state index in [0.717, 1.165) is 10.9 Å². The standard InChI is InChI=1S/C18H19NO4S/c1-18(21,9-12-6-7-24-10-12)11-19-17(20)15-8-13-4-3-5-14(22-2)16(13)23-15/h3-8,10,21H,9,11H2,1-2H3,(H,19,20). The van der Waals surface area contributed by atoms with E-state index >= 15 is 0 Å². The predicted molar refractivity (Wildman–Crippen MR) is 93.7 cm³/mol. The van der Waals surface area contributed by atoms with Crippen LogP contribution >= 0.6 is 11.3 Å². The van der Waals surface area contributed by atoms with E-state index < -0.39 is 5.60 Å². The van der Waals surface area contributed by atoms with E-state index in [2.05, 4.69) is 5.32 Å². The van der Waals surface area contributed by atoms with Crippen molar-refractivity contribution in [3.05, 3.63) is 52.4 Å². The molecule has 2 N–H and O–H groups in total. The number of methoxy groups -OCH3 is 1. The smallest absolute Gasteiger partial charge is 0.287 e. The molecular weight excluding hydrogens is 326 g/mol. The highest BCUT2D eigenvalue weighted by Crippen LogP contribution is 2.28. The average molecular weight is 345 g/mol. The maximum atomic E-state index is 12.3. The van der Waals surface area contributed by atoms with E-state index in [1.807, 2.05) is 29.0 Å². The fraction of sp³-hybridized carbons (Fsp3) is 0.278. The van der Waals surface area contributed by atoms with Crippen LogP contribution in [0.25, 0.3) is 11.0 Å². The molecule has 0 fully saturated rings. The molecule has 2 heterocycles. The Morgan fingerprint density at radius 1 is 1.42 bits per heavy atom. The summed E-state index contributed by atoms with van der Waals surface area (Å²) in [5.74, 6) is 0.413. The third kappa shape index (κ3) is 3.60. The Morgan fingerprint density at radius 2 is 2.25 bits per heavy atom. The van der Waals surface area contributed by atoms with E-state index in [9.17, 15) is 9.90 Å². The lowest BCUT2D eigenvalue weighted by molar-refractivity contribution is 0.0546. The van der Waals surface area contributed by atoms with Gasteiger partial charge in [-0.25, -0.2) is 0 Å². The molecule has 1 aromatic carbocycles. The van der Waals surface area contributed by atoms with Gasteiger partial charge in [0.15, 0.2) is 17.1 Å². The normalized spacial score (nSPS) is 13.6. The SMILES string of the molecule is COc1cccc2cc(C(=O)NCC(C)(O)Cc3ccsc3)oc12. The van der Waals surface area contributed by atoms with Gasteiger partial charge in [-0.2, -0.15) is 11.3 Å². The Bertz CT molecular complexity index is 836. The third-order valence-electron chi connectivity index (χ3n) is 3.75. The second kappa shape index (κ2) is 6.67. The van der Waals surface area contributed by atoms with E-state index in [4.69, 9.17) is 9.15 Å². The number of amides is 1. The Kier molecular flexibility index (Phi) is 4.59. The zero-order valence-corrected chi connectivity index (χ0v) is 14.4. The Balaban J connectivity index is 1.68. The van der Waals surface area contributed by atoms with Crippen molar-refractivity contribution < 1.29 is 19.1 Å². The zero-order chi connectivity index (χ0) is 17.2. The van der Waals surface area contributed by atoms with Gasteiger partial charge in [0.05, 0.1) is 12.7 Å². The van der Waals surface area contributed by atoms with Crippen molar-refractivity contribution in [2.45, 2.75) is 18.9 Å². The van der Waals surface area contributed by atoms with Gasteiger partial charge in [-0.15, -0.1) is 0 Å². The number of fused-ring (bicyclic) bond motifs is 1. The number of ether oxygens (including phenoxy) is 1. The number of nitrogens with one attached hydrogen (secondary N) is 1. The highest BCUT2D eigenvalue weighted by atomic mass is 32.1. The van der Waals surface area contributed by atoms with Gasteiger partial charge in [-0.3, -0.25) is 4.79 Å². The summed E-state index contributed by atoms with van der Waals surface area (Å²) in [4.78, 5) is 12.3. The van der Waals surface area contributed by atoms with Crippen LogP contribution in [0, 0.1) is 0 Å². The maximum absolute atomic E-state index is 12.3. The fourth-order valence-electron chi connectivity index (χ4n) is 2.56. The minimum Gasteiger partial charge on any atom is -0.493 e. The number of furan rings is 1. The number of carbonyl (C=O) groups excluding carboxylic acids is 1. The molecule has 126 valence electrons. The number of para-hydroxylation sites is 1. The molecule has 5 nitrogen and oxygen atoms in total. The molecule has 0 aliphatic heterocycles. The van der Waals surface area contributed by atoms with Gasteiger partial charge in [-0.05, 0) is 41.4 Å². The van der Waals surface area contributed by atoms with Crippen LogP contribution in [-0.4, -0.2) is 30.3 Å². The first-order valence-corrected chi connectivity index (χ1v) is 8.51. The minimum absolute atomic E-state index is 0.135. The van der Waals surface area contributed by atoms with Crippen molar-refractivity contribution in [1.29, 1.82) is 0 Å². The van der Waals surface area contributed by atoms with Gasteiger partial charge in [0.25, 0.3) is 5.91 Å². The minimum atomic E-state index is -1.03. The van der Waals surface area contributed by atoms with Crippen molar-refractivity contribution in [3.63, 3.8) is 0 Å². The lowest BCUT2D eigenvalue weighted by Crippen LogP contribution is -2.42. The number of thiophene rings is 1. The average Bonchev–Trinajstić information content (AvgIpc) is 3.20. The molecule has 2 aromatic heterocycles. The molecule has 0 aliphatic rings. The zero-order valence-electron chi connectivity index (χ0n) is 13.5. The predicted octanol–water partition coefficient (Wildman–Crippen LogP) is 3.23. The maximum Gasteiger partial charge on any atom is 0.287 e. The molecule has 0 saturated heterocycles. The Hall–Kier alpha value is -2.31. The lowest BCUT2D eigenvalue weighted by Gasteiger charge is -2.22. The van der Waals surface area contributed by atoms with Gasteiger partial charge in [0.1, 0.15) is 0 Å². The lowest BCUT2D eigenvalue weighted by atomic mass is 9.98. The number of carbonyl (C=O) groups is 1. The molecular formula is C18H19NO4S. The van der Waals surface area contributed by atoms with Gasteiger partial charge >= 0.3 is 0 Å². The monoisotopic (exact) mass is 345 g/mol. The van der Waals surface area contributed by atoms with E-state index in [0.29, 0.717) is 17.8 Å².